The van der Waals surface area contributed by atoms with Crippen LogP contribution < -0.4 is 0 Å². The van der Waals surface area contributed by atoms with Crippen molar-refractivity contribution >= 4 is 12.1 Å². The zero-order valence-corrected chi connectivity index (χ0v) is 10.8. The lowest BCUT2D eigenvalue weighted by molar-refractivity contribution is -0.144. The highest BCUT2D eigenvalue weighted by Crippen LogP contribution is 2.31. The molecule has 1 aliphatic heterocycles. The van der Waals surface area contributed by atoms with E-state index in [0.717, 1.165) is 5.57 Å². The van der Waals surface area contributed by atoms with Gasteiger partial charge in [-0.1, -0.05) is 24.3 Å². The first kappa shape index (κ1) is 14.3. The lowest BCUT2D eigenvalue weighted by Crippen LogP contribution is -2.38. The van der Waals surface area contributed by atoms with Gasteiger partial charge in [0.25, 0.3) is 0 Å². The molecule has 5 heteroatoms. The van der Waals surface area contributed by atoms with Crippen LogP contribution in [0, 0.1) is 5.41 Å². The maximum Gasteiger partial charge on any atom is 0.410 e. The van der Waals surface area contributed by atoms with Crippen LogP contribution in [0.25, 0.3) is 0 Å². The van der Waals surface area contributed by atoms with Crippen LogP contribution in [-0.2, 0) is 9.53 Å². The fraction of sp³-hybridized carbons (Fsp3) is 0.538. The molecule has 0 aromatic carbocycles. The van der Waals surface area contributed by atoms with E-state index in [-0.39, 0.29) is 6.61 Å². The summed E-state index contributed by atoms with van der Waals surface area (Å²) < 4.78 is 4.92. The molecule has 1 aliphatic rings. The molecule has 0 saturated heterocycles. The fourth-order valence-electron chi connectivity index (χ4n) is 1.76. The molecule has 1 rings (SSSR count). The normalized spacial score (nSPS) is 15.9. The largest absolute Gasteiger partial charge is 0.481 e. The molecule has 100 valence electrons. The minimum atomic E-state index is -0.878. The molecule has 0 radical (unpaired) electrons. The monoisotopic (exact) mass is 253 g/mol. The van der Waals surface area contributed by atoms with Crippen LogP contribution in [0.1, 0.15) is 20.3 Å². The minimum absolute atomic E-state index is 0.187. The molecule has 1 N–H and O–H groups in total. The topological polar surface area (TPSA) is 66.8 Å². The van der Waals surface area contributed by atoms with E-state index in [4.69, 9.17) is 9.84 Å². The summed E-state index contributed by atoms with van der Waals surface area (Å²) in [5.74, 6) is -0.851. The third-order valence-corrected chi connectivity index (χ3v) is 3.13. The van der Waals surface area contributed by atoms with E-state index in [1.807, 2.05) is 0 Å². The number of carbonyl (C=O) groups is 2. The summed E-state index contributed by atoms with van der Waals surface area (Å²) in [6.07, 6.45) is 3.48. The molecular weight excluding hydrogens is 234 g/mol. The van der Waals surface area contributed by atoms with Gasteiger partial charge in [0.15, 0.2) is 0 Å². The molecule has 18 heavy (non-hydrogen) atoms. The summed E-state index contributed by atoms with van der Waals surface area (Å²) in [7, 11) is 0. The van der Waals surface area contributed by atoms with Crippen LogP contribution in [0.4, 0.5) is 4.79 Å². The van der Waals surface area contributed by atoms with E-state index >= 15 is 0 Å². The van der Waals surface area contributed by atoms with E-state index in [1.54, 1.807) is 24.8 Å². The maximum absolute atomic E-state index is 11.6. The number of ether oxygens (including phenoxy) is 1. The molecule has 0 aliphatic carbocycles. The standard InChI is InChI=1S/C13H19NO4/c1-4-9-18-12(17)14-7-5-10(6-8-14)13(2,3)11(15)16/h4-5H,1,6-9H2,2-3H3,(H,15,16). The van der Waals surface area contributed by atoms with Crippen molar-refractivity contribution in [3.8, 4) is 0 Å². The zero-order valence-electron chi connectivity index (χ0n) is 10.8. The summed E-state index contributed by atoms with van der Waals surface area (Å²) >= 11 is 0. The van der Waals surface area contributed by atoms with Gasteiger partial charge < -0.3 is 14.7 Å². The first-order chi connectivity index (χ1) is 8.39. The summed E-state index contributed by atoms with van der Waals surface area (Å²) in [5.41, 5.74) is -0.0281. The number of carboxylic acids is 1. The lowest BCUT2D eigenvalue weighted by atomic mass is 9.81. The SMILES string of the molecule is C=CCOC(=O)N1CC=C(C(C)(C)C(=O)O)CC1. The Hall–Kier alpha value is -1.78. The van der Waals surface area contributed by atoms with Crippen molar-refractivity contribution in [3.63, 3.8) is 0 Å². The van der Waals surface area contributed by atoms with Crippen molar-refractivity contribution in [2.75, 3.05) is 19.7 Å². The second-order valence-corrected chi connectivity index (χ2v) is 4.72. The number of hydrogen-bond acceptors (Lipinski definition) is 3. The molecular formula is C13H19NO4. The Bertz CT molecular complexity index is 384. The van der Waals surface area contributed by atoms with Gasteiger partial charge in [0.2, 0.25) is 0 Å². The molecule has 0 bridgehead atoms. The van der Waals surface area contributed by atoms with Crippen molar-refractivity contribution in [2.24, 2.45) is 5.41 Å². The fourth-order valence-corrected chi connectivity index (χ4v) is 1.76. The highest BCUT2D eigenvalue weighted by Gasteiger charge is 2.33. The summed E-state index contributed by atoms with van der Waals surface area (Å²) in [6, 6.07) is 0. The molecule has 1 heterocycles. The quantitative estimate of drug-likeness (QED) is 0.779. The number of hydrogen-bond donors (Lipinski definition) is 1. The van der Waals surface area contributed by atoms with E-state index in [2.05, 4.69) is 6.58 Å². The van der Waals surface area contributed by atoms with Gasteiger partial charge in [-0.05, 0) is 20.3 Å². The lowest BCUT2D eigenvalue weighted by Gasteiger charge is -2.31. The minimum Gasteiger partial charge on any atom is -0.481 e. The molecule has 0 aromatic heterocycles. The predicted octanol–water partition coefficient (Wildman–Crippen LogP) is 2.05. The highest BCUT2D eigenvalue weighted by molar-refractivity contribution is 5.78. The van der Waals surface area contributed by atoms with Gasteiger partial charge in [0.05, 0.1) is 5.41 Å². The maximum atomic E-state index is 11.6. The molecule has 0 unspecified atom stereocenters. The molecule has 0 spiro atoms. The zero-order chi connectivity index (χ0) is 13.8. The smallest absolute Gasteiger partial charge is 0.410 e. The van der Waals surface area contributed by atoms with E-state index < -0.39 is 17.5 Å². The van der Waals surface area contributed by atoms with Crippen LogP contribution >= 0.6 is 0 Å². The third kappa shape index (κ3) is 3.12. The second-order valence-electron chi connectivity index (χ2n) is 4.72. The summed E-state index contributed by atoms with van der Waals surface area (Å²) in [5, 5.41) is 9.13. The molecule has 0 fully saturated rings. The van der Waals surface area contributed by atoms with Gasteiger partial charge in [-0.25, -0.2) is 4.79 Å². The molecule has 0 saturated carbocycles. The Morgan fingerprint density at radius 1 is 1.61 bits per heavy atom. The van der Waals surface area contributed by atoms with E-state index in [9.17, 15) is 9.59 Å². The van der Waals surface area contributed by atoms with Gasteiger partial charge >= 0.3 is 12.1 Å². The van der Waals surface area contributed by atoms with Crippen LogP contribution in [-0.4, -0.2) is 41.8 Å². The Labute approximate surface area is 107 Å². The Kier molecular flexibility index (Phi) is 4.53. The van der Waals surface area contributed by atoms with Crippen molar-refractivity contribution in [3.05, 3.63) is 24.3 Å². The van der Waals surface area contributed by atoms with Crippen LogP contribution in [0.5, 0.6) is 0 Å². The highest BCUT2D eigenvalue weighted by atomic mass is 16.6. The first-order valence-corrected chi connectivity index (χ1v) is 5.85. The second kappa shape index (κ2) is 5.71. The molecule has 0 aromatic rings. The van der Waals surface area contributed by atoms with Crippen molar-refractivity contribution in [2.45, 2.75) is 20.3 Å². The van der Waals surface area contributed by atoms with Gasteiger partial charge in [-0.3, -0.25) is 4.79 Å². The molecule has 1 amide bonds. The van der Waals surface area contributed by atoms with Crippen LogP contribution in [0.3, 0.4) is 0 Å². The van der Waals surface area contributed by atoms with Gasteiger partial charge in [-0.2, -0.15) is 0 Å². The van der Waals surface area contributed by atoms with E-state index in [0.29, 0.717) is 19.5 Å². The number of rotatable bonds is 4. The molecule has 5 nitrogen and oxygen atoms in total. The van der Waals surface area contributed by atoms with Gasteiger partial charge in [0.1, 0.15) is 6.61 Å². The van der Waals surface area contributed by atoms with Gasteiger partial charge in [0, 0.05) is 13.1 Å². The van der Waals surface area contributed by atoms with Crippen molar-refractivity contribution in [1.82, 2.24) is 4.90 Å². The third-order valence-electron chi connectivity index (χ3n) is 3.13. The average Bonchev–Trinajstić information content (AvgIpc) is 2.35. The Morgan fingerprint density at radius 2 is 2.28 bits per heavy atom. The first-order valence-electron chi connectivity index (χ1n) is 5.85. The Morgan fingerprint density at radius 3 is 2.72 bits per heavy atom. The van der Waals surface area contributed by atoms with Crippen molar-refractivity contribution in [1.29, 1.82) is 0 Å². The summed E-state index contributed by atoms with van der Waals surface area (Å²) in [4.78, 5) is 24.2. The number of nitrogens with zero attached hydrogens (tertiary/aromatic N) is 1. The predicted molar refractivity (Wildman–Crippen MR) is 67.2 cm³/mol. The molecule has 0 atom stereocenters. The Balaban J connectivity index is 2.63. The van der Waals surface area contributed by atoms with Gasteiger partial charge in [-0.15, -0.1) is 0 Å². The number of amides is 1. The number of aliphatic carboxylic acids is 1. The number of carbonyl (C=O) groups excluding carboxylic acids is 1. The summed E-state index contributed by atoms with van der Waals surface area (Å²) in [6.45, 7) is 7.88. The average molecular weight is 253 g/mol. The number of carboxylic acid groups (broad SMARTS) is 1. The van der Waals surface area contributed by atoms with Crippen molar-refractivity contribution < 1.29 is 19.4 Å². The van der Waals surface area contributed by atoms with E-state index in [1.165, 1.54) is 6.08 Å². The van der Waals surface area contributed by atoms with Crippen LogP contribution in [0.2, 0.25) is 0 Å². The van der Waals surface area contributed by atoms with Crippen LogP contribution in [0.15, 0.2) is 24.3 Å².